The van der Waals surface area contributed by atoms with Crippen LogP contribution in [0.1, 0.15) is 17.5 Å². The van der Waals surface area contributed by atoms with E-state index in [1.54, 1.807) is 37.5 Å². The lowest BCUT2D eigenvalue weighted by molar-refractivity contribution is -0.122. The summed E-state index contributed by atoms with van der Waals surface area (Å²) in [5.74, 6) is 0.351. The number of hydrogen-bond acceptors (Lipinski definition) is 5. The normalized spacial score (nSPS) is 17.2. The smallest absolute Gasteiger partial charge is 0.270 e. The van der Waals surface area contributed by atoms with Crippen LogP contribution in [0.15, 0.2) is 48.0 Å². The second-order valence-corrected chi connectivity index (χ2v) is 8.09. The Labute approximate surface area is 191 Å². The topological polar surface area (TPSA) is 61.9 Å². The van der Waals surface area contributed by atoms with Gasteiger partial charge in [0.05, 0.1) is 12.8 Å². The van der Waals surface area contributed by atoms with Crippen LogP contribution in [-0.4, -0.2) is 43.0 Å². The lowest BCUT2D eigenvalue weighted by Gasteiger charge is -2.29. The fourth-order valence-corrected chi connectivity index (χ4v) is 4.25. The van der Waals surface area contributed by atoms with Crippen LogP contribution < -0.4 is 19.9 Å². The number of carbonyl (C=O) groups excluding carboxylic acids is 2. The van der Waals surface area contributed by atoms with E-state index in [1.807, 2.05) is 18.2 Å². The van der Waals surface area contributed by atoms with Crippen LogP contribution in [0.2, 0.25) is 0 Å². The zero-order valence-electron chi connectivity index (χ0n) is 17.1. The molecule has 2 amide bonds. The molecule has 0 unspecified atom stereocenters. The van der Waals surface area contributed by atoms with Gasteiger partial charge < -0.3 is 9.64 Å². The van der Waals surface area contributed by atoms with Crippen molar-refractivity contribution in [1.82, 2.24) is 5.32 Å². The molecule has 0 bridgehead atoms. The van der Waals surface area contributed by atoms with E-state index in [1.165, 1.54) is 16.2 Å². The quantitative estimate of drug-likeness (QED) is 0.312. The van der Waals surface area contributed by atoms with Crippen LogP contribution in [0.3, 0.4) is 0 Å². The molecular formula is C23H22ClN3O3S. The number of methoxy groups -OCH3 is 1. The summed E-state index contributed by atoms with van der Waals surface area (Å²) >= 11 is 11.1. The van der Waals surface area contributed by atoms with Gasteiger partial charge in [-0.15, -0.1) is 11.6 Å². The molecule has 0 saturated carbocycles. The SMILES string of the molecule is COc1ccc(N2C(=O)/C(=C/c3ccc4c(c3)CCN4CCCCl)C(=O)NC2=S)cc1. The van der Waals surface area contributed by atoms with Crippen LogP contribution in [0.4, 0.5) is 11.4 Å². The number of rotatable bonds is 6. The number of halogens is 1. The molecule has 1 fully saturated rings. The van der Waals surface area contributed by atoms with Gasteiger partial charge in [-0.3, -0.25) is 19.8 Å². The molecule has 31 heavy (non-hydrogen) atoms. The van der Waals surface area contributed by atoms with Crippen molar-refractivity contribution in [2.24, 2.45) is 0 Å². The fourth-order valence-electron chi connectivity index (χ4n) is 3.85. The zero-order valence-corrected chi connectivity index (χ0v) is 18.6. The van der Waals surface area contributed by atoms with Crippen molar-refractivity contribution in [3.8, 4) is 5.75 Å². The first-order chi connectivity index (χ1) is 15.0. The van der Waals surface area contributed by atoms with Gasteiger partial charge in [0.1, 0.15) is 11.3 Å². The molecule has 0 spiro atoms. The van der Waals surface area contributed by atoms with E-state index in [9.17, 15) is 9.59 Å². The molecule has 160 valence electrons. The Bertz CT molecular complexity index is 1070. The summed E-state index contributed by atoms with van der Waals surface area (Å²) in [6.45, 7) is 1.87. The summed E-state index contributed by atoms with van der Waals surface area (Å²) in [7, 11) is 1.57. The van der Waals surface area contributed by atoms with Gasteiger partial charge >= 0.3 is 0 Å². The van der Waals surface area contributed by atoms with Crippen molar-refractivity contribution in [1.29, 1.82) is 0 Å². The Balaban J connectivity index is 1.61. The van der Waals surface area contributed by atoms with Crippen molar-refractivity contribution in [2.45, 2.75) is 12.8 Å². The van der Waals surface area contributed by atoms with Crippen molar-refractivity contribution >= 4 is 58.2 Å². The van der Waals surface area contributed by atoms with E-state index >= 15 is 0 Å². The average Bonchev–Trinajstić information content (AvgIpc) is 3.17. The molecule has 4 rings (SSSR count). The minimum atomic E-state index is -0.496. The molecule has 1 N–H and O–H groups in total. The molecule has 2 aromatic carbocycles. The first-order valence-corrected chi connectivity index (χ1v) is 11.0. The largest absolute Gasteiger partial charge is 0.497 e. The summed E-state index contributed by atoms with van der Waals surface area (Å²) in [6, 6.07) is 12.9. The lowest BCUT2D eigenvalue weighted by Crippen LogP contribution is -2.54. The van der Waals surface area contributed by atoms with Gasteiger partial charge in [0.2, 0.25) is 0 Å². The number of fused-ring (bicyclic) bond motifs is 1. The number of nitrogens with one attached hydrogen (secondary N) is 1. The van der Waals surface area contributed by atoms with E-state index in [-0.39, 0.29) is 10.7 Å². The maximum atomic E-state index is 13.2. The Morgan fingerprint density at radius 1 is 1.19 bits per heavy atom. The highest BCUT2D eigenvalue weighted by atomic mass is 35.5. The predicted molar refractivity (Wildman–Crippen MR) is 127 cm³/mol. The van der Waals surface area contributed by atoms with E-state index in [4.69, 9.17) is 28.6 Å². The van der Waals surface area contributed by atoms with Gasteiger partial charge in [0, 0.05) is 24.7 Å². The van der Waals surface area contributed by atoms with Crippen molar-refractivity contribution in [2.75, 3.05) is 35.9 Å². The van der Waals surface area contributed by atoms with Gasteiger partial charge in [-0.1, -0.05) is 6.07 Å². The molecule has 8 heteroatoms. The van der Waals surface area contributed by atoms with Gasteiger partial charge in [-0.2, -0.15) is 0 Å². The number of ether oxygens (including phenoxy) is 1. The Morgan fingerprint density at radius 2 is 1.97 bits per heavy atom. The number of nitrogens with zero attached hydrogens (tertiary/aromatic N) is 2. The molecule has 2 heterocycles. The van der Waals surface area contributed by atoms with E-state index < -0.39 is 11.8 Å². The molecule has 2 aliphatic rings. The van der Waals surface area contributed by atoms with Crippen molar-refractivity contribution < 1.29 is 14.3 Å². The van der Waals surface area contributed by atoms with Crippen LogP contribution >= 0.6 is 23.8 Å². The third-order valence-electron chi connectivity index (χ3n) is 5.40. The van der Waals surface area contributed by atoms with Crippen LogP contribution in [-0.2, 0) is 16.0 Å². The minimum Gasteiger partial charge on any atom is -0.497 e. The van der Waals surface area contributed by atoms with Crippen molar-refractivity contribution in [3.63, 3.8) is 0 Å². The Kier molecular flexibility index (Phi) is 6.25. The summed E-state index contributed by atoms with van der Waals surface area (Å²) in [5.41, 5.74) is 3.80. The molecule has 2 aromatic rings. The predicted octanol–water partition coefficient (Wildman–Crippen LogP) is 3.52. The molecule has 2 aliphatic heterocycles. The molecule has 0 aromatic heterocycles. The second kappa shape index (κ2) is 9.08. The molecule has 1 saturated heterocycles. The molecule has 0 atom stereocenters. The number of benzene rings is 2. The summed E-state index contributed by atoms with van der Waals surface area (Å²) in [5, 5.41) is 2.67. The fraction of sp³-hybridized carbons (Fsp3) is 0.261. The van der Waals surface area contributed by atoms with Gasteiger partial charge in [0.15, 0.2) is 5.11 Å². The third-order valence-corrected chi connectivity index (χ3v) is 5.95. The minimum absolute atomic E-state index is 0.0429. The van der Waals surface area contributed by atoms with Crippen molar-refractivity contribution in [3.05, 3.63) is 59.2 Å². The third kappa shape index (κ3) is 4.29. The van der Waals surface area contributed by atoms with Crippen LogP contribution in [0.25, 0.3) is 6.08 Å². The maximum absolute atomic E-state index is 13.2. The zero-order chi connectivity index (χ0) is 22.0. The first kappa shape index (κ1) is 21.3. The molecule has 6 nitrogen and oxygen atoms in total. The molecule has 0 radical (unpaired) electrons. The number of alkyl halides is 1. The highest BCUT2D eigenvalue weighted by Gasteiger charge is 2.34. The highest BCUT2D eigenvalue weighted by Crippen LogP contribution is 2.30. The first-order valence-electron chi connectivity index (χ1n) is 10.0. The van der Waals surface area contributed by atoms with Crippen LogP contribution in [0, 0.1) is 0 Å². The molecular weight excluding hydrogens is 434 g/mol. The Hall–Kier alpha value is -2.90. The molecule has 0 aliphatic carbocycles. The van der Waals surface area contributed by atoms with E-state index in [0.29, 0.717) is 17.3 Å². The number of anilines is 2. The van der Waals surface area contributed by atoms with Gasteiger partial charge in [0.25, 0.3) is 11.8 Å². The summed E-state index contributed by atoms with van der Waals surface area (Å²) in [6.07, 6.45) is 3.48. The van der Waals surface area contributed by atoms with Gasteiger partial charge in [-0.05, 0) is 78.7 Å². The van der Waals surface area contributed by atoms with Gasteiger partial charge in [-0.25, -0.2) is 0 Å². The van der Waals surface area contributed by atoms with E-state index in [2.05, 4.69) is 10.2 Å². The standard InChI is InChI=1S/C23H22ClN3O3S/c1-30-18-6-4-17(5-7-18)27-22(29)19(21(28)25-23(27)31)14-15-3-8-20-16(13-15)9-12-26(20)11-2-10-24/h3-8,13-14H,2,9-12H2,1H3,(H,25,28,31)/b19-14+. The number of carbonyl (C=O) groups is 2. The Morgan fingerprint density at radius 3 is 2.68 bits per heavy atom. The monoisotopic (exact) mass is 455 g/mol. The van der Waals surface area contributed by atoms with Crippen LogP contribution in [0.5, 0.6) is 5.75 Å². The second-order valence-electron chi connectivity index (χ2n) is 7.32. The summed E-state index contributed by atoms with van der Waals surface area (Å²) < 4.78 is 5.17. The summed E-state index contributed by atoms with van der Waals surface area (Å²) in [4.78, 5) is 29.4. The maximum Gasteiger partial charge on any atom is 0.270 e. The number of amides is 2. The lowest BCUT2D eigenvalue weighted by atomic mass is 10.0. The number of hydrogen-bond donors (Lipinski definition) is 1. The highest BCUT2D eigenvalue weighted by molar-refractivity contribution is 7.80. The van der Waals surface area contributed by atoms with E-state index in [0.717, 1.165) is 31.5 Å². The number of thiocarbonyl (C=S) groups is 1. The average molecular weight is 456 g/mol.